The molecule has 26 heavy (non-hydrogen) atoms. The summed E-state index contributed by atoms with van der Waals surface area (Å²) in [5, 5.41) is 9.93. The third kappa shape index (κ3) is 7.43. The molecule has 0 amide bonds. The Balaban J connectivity index is 0.000000428. The van der Waals surface area contributed by atoms with Crippen LogP contribution in [0.15, 0.2) is 34.9 Å². The molecule has 0 atom stereocenters. The van der Waals surface area contributed by atoms with E-state index in [1.165, 1.54) is 16.7 Å². The van der Waals surface area contributed by atoms with Gasteiger partial charge in [0.1, 0.15) is 5.75 Å². The number of phenols is 1. The molecule has 1 aromatic carbocycles. The fourth-order valence-corrected chi connectivity index (χ4v) is 2.92. The number of para-hydroxylation sites is 1. The molecule has 1 aliphatic carbocycles. The van der Waals surface area contributed by atoms with Gasteiger partial charge in [-0.25, -0.2) is 5.57 Å². The summed E-state index contributed by atoms with van der Waals surface area (Å²) in [5.41, 5.74) is 6.49. The number of hydrogen-bond donors (Lipinski definition) is 1. The summed E-state index contributed by atoms with van der Waals surface area (Å²) < 4.78 is 0. The van der Waals surface area contributed by atoms with Crippen LogP contribution in [0.3, 0.4) is 0 Å². The first-order valence-corrected chi connectivity index (χ1v) is 13.3. The van der Waals surface area contributed by atoms with Crippen LogP contribution in [0.1, 0.15) is 85.3 Å². The van der Waals surface area contributed by atoms with Crippen molar-refractivity contribution in [3.8, 4) is 5.75 Å². The predicted octanol–water partition coefficient (Wildman–Crippen LogP) is 8.13. The van der Waals surface area contributed by atoms with Crippen LogP contribution in [0.25, 0.3) is 0 Å². The molecule has 1 aromatic rings. The van der Waals surface area contributed by atoms with Crippen molar-refractivity contribution in [2.75, 3.05) is 0 Å². The number of halogens is 2. The number of phenolic OH excluding ortho intramolecular Hbond substituents is 1. The SMILES string of the molecule is CC(C)c1cccc(C(C)C)c1O.CC1=[C-]C(C)(C)C(C)=C1C.[Cl][Ti][Cl]. The van der Waals surface area contributed by atoms with E-state index in [1.807, 2.05) is 18.2 Å². The van der Waals surface area contributed by atoms with Gasteiger partial charge in [-0.3, -0.25) is 6.08 Å². The Morgan fingerprint density at radius 2 is 1.35 bits per heavy atom. The molecule has 0 unspecified atom stereocenters. The Morgan fingerprint density at radius 3 is 1.54 bits per heavy atom. The maximum atomic E-state index is 9.93. The minimum atomic E-state index is -0.556. The van der Waals surface area contributed by atoms with Crippen LogP contribution in [0.4, 0.5) is 0 Å². The second kappa shape index (κ2) is 11.6. The molecule has 0 radical (unpaired) electrons. The van der Waals surface area contributed by atoms with E-state index in [2.05, 4.69) is 68.4 Å². The molecule has 4 heteroatoms. The van der Waals surface area contributed by atoms with E-state index in [0.717, 1.165) is 11.1 Å². The molecule has 0 aromatic heterocycles. The zero-order valence-corrected chi connectivity index (χ0v) is 20.7. The van der Waals surface area contributed by atoms with Crippen molar-refractivity contribution >= 4 is 18.6 Å². The van der Waals surface area contributed by atoms with E-state index in [-0.39, 0.29) is 5.41 Å². The number of benzene rings is 1. The predicted molar refractivity (Wildman–Crippen MR) is 113 cm³/mol. The summed E-state index contributed by atoms with van der Waals surface area (Å²) in [6.45, 7) is 19.3. The first-order valence-electron chi connectivity index (χ1n) is 8.98. The molecule has 1 nitrogen and oxygen atoms in total. The van der Waals surface area contributed by atoms with Crippen molar-refractivity contribution in [2.45, 2.75) is 74.1 Å². The Hall–Kier alpha value is -0.206. The van der Waals surface area contributed by atoms with Gasteiger partial charge in [-0.05, 0) is 23.0 Å². The van der Waals surface area contributed by atoms with Crippen molar-refractivity contribution in [3.05, 3.63) is 52.1 Å². The first-order chi connectivity index (χ1) is 11.9. The van der Waals surface area contributed by atoms with Gasteiger partial charge in [0.25, 0.3) is 0 Å². The quantitative estimate of drug-likeness (QED) is 0.370. The van der Waals surface area contributed by atoms with Gasteiger partial charge in [-0.2, -0.15) is 11.1 Å². The Bertz CT molecular complexity index is 617. The van der Waals surface area contributed by atoms with Gasteiger partial charge in [-0.1, -0.05) is 79.0 Å². The van der Waals surface area contributed by atoms with E-state index < -0.39 is 17.0 Å². The van der Waals surface area contributed by atoms with E-state index >= 15 is 0 Å². The molecule has 146 valence electrons. The zero-order chi connectivity index (χ0) is 20.7. The number of allylic oxidation sites excluding steroid dienone is 4. The number of aromatic hydroxyl groups is 1. The van der Waals surface area contributed by atoms with Crippen LogP contribution in [0, 0.1) is 11.5 Å². The van der Waals surface area contributed by atoms with E-state index in [9.17, 15) is 5.11 Å². The molecule has 0 heterocycles. The molecule has 0 bridgehead atoms. The summed E-state index contributed by atoms with van der Waals surface area (Å²) >= 11 is -0.556. The maximum absolute atomic E-state index is 9.93. The Morgan fingerprint density at radius 1 is 0.962 bits per heavy atom. The van der Waals surface area contributed by atoms with Crippen LogP contribution < -0.4 is 0 Å². The van der Waals surface area contributed by atoms with Crippen LogP contribution in [0.2, 0.25) is 0 Å². The van der Waals surface area contributed by atoms with E-state index in [0.29, 0.717) is 17.6 Å². The molecule has 0 aliphatic heterocycles. The summed E-state index contributed by atoms with van der Waals surface area (Å²) in [7, 11) is 9.78. The molecule has 0 saturated carbocycles. The van der Waals surface area contributed by atoms with Gasteiger partial charge < -0.3 is 5.11 Å². The topological polar surface area (TPSA) is 20.2 Å². The van der Waals surface area contributed by atoms with Gasteiger partial charge in [0.05, 0.1) is 0 Å². The van der Waals surface area contributed by atoms with E-state index in [1.54, 1.807) is 0 Å². The summed E-state index contributed by atoms with van der Waals surface area (Å²) in [5.74, 6) is 1.25. The Labute approximate surface area is 177 Å². The molecule has 0 saturated heterocycles. The standard InChI is InChI=1S/C12H18O.C10H15.2ClH.Ti/c1-8(2)10-6-5-7-11(9(3)4)12(10)13;1-7-6-10(4,5)9(3)8(7)2;;;/h5-9,13H,1-4H3;1-5H3;2*1H;/q;-1;;;+2/p-2. The van der Waals surface area contributed by atoms with Gasteiger partial charge in [0.2, 0.25) is 0 Å². The monoisotopic (exact) mass is 431 g/mol. The summed E-state index contributed by atoms with van der Waals surface area (Å²) in [6, 6.07) is 6.00. The molecule has 0 fully saturated rings. The van der Waals surface area contributed by atoms with Crippen molar-refractivity contribution < 1.29 is 22.1 Å². The van der Waals surface area contributed by atoms with Gasteiger partial charge in [0, 0.05) is 0 Å². The summed E-state index contributed by atoms with van der Waals surface area (Å²) in [4.78, 5) is 0. The Kier molecular flexibility index (Phi) is 11.5. The van der Waals surface area contributed by atoms with Crippen molar-refractivity contribution in [2.24, 2.45) is 5.41 Å². The molecule has 1 aliphatic rings. The van der Waals surface area contributed by atoms with Gasteiger partial charge >= 0.3 is 35.6 Å². The third-order valence-electron chi connectivity index (χ3n) is 4.90. The molecule has 1 N–H and O–H groups in total. The van der Waals surface area contributed by atoms with Crippen LogP contribution >= 0.6 is 18.6 Å². The number of rotatable bonds is 2. The second-order valence-corrected chi connectivity index (χ2v) is 10.4. The van der Waals surface area contributed by atoms with Crippen molar-refractivity contribution in [1.82, 2.24) is 0 Å². The average molecular weight is 432 g/mol. The number of hydrogen-bond acceptors (Lipinski definition) is 1. The first kappa shape index (κ1) is 25.8. The van der Waals surface area contributed by atoms with Crippen LogP contribution in [0.5, 0.6) is 5.75 Å². The van der Waals surface area contributed by atoms with Crippen LogP contribution in [-0.4, -0.2) is 5.11 Å². The average Bonchev–Trinajstić information content (AvgIpc) is 2.70. The molecular formula is C22H33Cl2OTi-. The molecule has 0 spiro atoms. The third-order valence-corrected chi connectivity index (χ3v) is 4.90. The van der Waals surface area contributed by atoms with Crippen LogP contribution in [-0.2, 0) is 17.0 Å². The molecule has 2 rings (SSSR count). The fourth-order valence-electron chi connectivity index (χ4n) is 2.92. The van der Waals surface area contributed by atoms with Gasteiger partial charge in [-0.15, -0.1) is 6.92 Å². The fraction of sp³-hybridized carbons (Fsp3) is 0.545. The summed E-state index contributed by atoms with van der Waals surface area (Å²) in [6.07, 6.45) is 3.44. The second-order valence-electron chi connectivity index (χ2n) is 7.79. The van der Waals surface area contributed by atoms with Crippen molar-refractivity contribution in [1.29, 1.82) is 0 Å². The molecular weight excluding hydrogens is 399 g/mol. The van der Waals surface area contributed by atoms with E-state index in [4.69, 9.17) is 18.6 Å². The minimum absolute atomic E-state index is 0.189. The zero-order valence-electron chi connectivity index (χ0n) is 17.6. The van der Waals surface area contributed by atoms with Gasteiger partial charge in [0.15, 0.2) is 0 Å². The normalized spacial score (nSPS) is 15.2. The van der Waals surface area contributed by atoms with Crippen molar-refractivity contribution in [3.63, 3.8) is 0 Å².